The molecule has 0 saturated carbocycles. The molecule has 0 saturated heterocycles. The van der Waals surface area contributed by atoms with Crippen molar-refractivity contribution in [1.29, 1.82) is 0 Å². The van der Waals surface area contributed by atoms with E-state index >= 15 is 0 Å². The third-order valence-corrected chi connectivity index (χ3v) is 1.50. The summed E-state index contributed by atoms with van der Waals surface area (Å²) in [4.78, 5) is 11.2. The van der Waals surface area contributed by atoms with Crippen LogP contribution in [0.1, 0.15) is 12.7 Å². The van der Waals surface area contributed by atoms with Crippen LogP contribution in [0.2, 0.25) is 0 Å². The molecular formula is C9H13NO3. The Bertz CT molecular complexity index is 330. The highest BCUT2D eigenvalue weighted by atomic mass is 16.5. The molecule has 1 aromatic heterocycles. The summed E-state index contributed by atoms with van der Waals surface area (Å²) in [6.45, 7) is 3.80. The molecule has 0 amide bonds. The molecule has 0 aliphatic heterocycles. The molecule has 1 heterocycles. The molecule has 0 fully saturated rings. The molecule has 0 aromatic carbocycles. The Morgan fingerprint density at radius 3 is 2.92 bits per heavy atom. The maximum atomic E-state index is 11.2. The minimum atomic E-state index is -0.176. The van der Waals surface area contributed by atoms with Gasteiger partial charge in [0.05, 0.1) is 6.26 Å². The molecular weight excluding hydrogens is 170 g/mol. The minimum Gasteiger partial charge on any atom is -0.485 e. The monoisotopic (exact) mass is 183 g/mol. The van der Waals surface area contributed by atoms with Gasteiger partial charge in [0.25, 0.3) is 0 Å². The Labute approximate surface area is 76.3 Å². The van der Waals surface area contributed by atoms with Gasteiger partial charge in [0.2, 0.25) is 11.2 Å². The highest BCUT2D eigenvalue weighted by molar-refractivity contribution is 5.23. The summed E-state index contributed by atoms with van der Waals surface area (Å²) in [5.74, 6) is 0.730. The molecule has 0 spiro atoms. The van der Waals surface area contributed by atoms with Gasteiger partial charge in [-0.2, -0.15) is 0 Å². The van der Waals surface area contributed by atoms with Crippen molar-refractivity contribution in [3.8, 4) is 5.75 Å². The lowest BCUT2D eigenvalue weighted by molar-refractivity contribution is 0.279. The van der Waals surface area contributed by atoms with Crippen LogP contribution in [0.3, 0.4) is 0 Å². The number of ether oxygens (including phenoxy) is 1. The van der Waals surface area contributed by atoms with Gasteiger partial charge in [0.15, 0.2) is 0 Å². The minimum absolute atomic E-state index is 0.0981. The highest BCUT2D eigenvalue weighted by Crippen LogP contribution is 2.10. The van der Waals surface area contributed by atoms with E-state index in [9.17, 15) is 4.79 Å². The van der Waals surface area contributed by atoms with Gasteiger partial charge >= 0.3 is 0 Å². The molecule has 0 bridgehead atoms. The van der Waals surface area contributed by atoms with Crippen LogP contribution in [0.4, 0.5) is 0 Å². The highest BCUT2D eigenvalue weighted by Gasteiger charge is 2.06. The number of hydrogen-bond acceptors (Lipinski definition) is 4. The Morgan fingerprint density at radius 1 is 1.69 bits per heavy atom. The summed E-state index contributed by atoms with van der Waals surface area (Å²) in [6, 6.07) is 1.22. The Kier molecular flexibility index (Phi) is 3.08. The maximum Gasteiger partial charge on any atom is 0.226 e. The van der Waals surface area contributed by atoms with E-state index in [1.54, 1.807) is 13.8 Å². The average Bonchev–Trinajstić information content (AvgIpc) is 2.03. The predicted octanol–water partition coefficient (Wildman–Crippen LogP) is 0.674. The molecule has 4 heteroatoms. The second kappa shape index (κ2) is 4.09. The van der Waals surface area contributed by atoms with Gasteiger partial charge in [-0.25, -0.2) is 0 Å². The van der Waals surface area contributed by atoms with Crippen molar-refractivity contribution >= 4 is 0 Å². The van der Waals surface area contributed by atoms with Crippen LogP contribution in [-0.4, -0.2) is 12.6 Å². The first-order valence-electron chi connectivity index (χ1n) is 4.08. The van der Waals surface area contributed by atoms with Crippen molar-refractivity contribution in [2.45, 2.75) is 19.9 Å². The van der Waals surface area contributed by atoms with E-state index in [0.717, 1.165) is 0 Å². The van der Waals surface area contributed by atoms with E-state index in [1.165, 1.54) is 12.3 Å². The van der Waals surface area contributed by atoms with Gasteiger partial charge in [-0.3, -0.25) is 4.79 Å². The first kappa shape index (κ1) is 9.80. The molecule has 1 unspecified atom stereocenters. The van der Waals surface area contributed by atoms with Crippen LogP contribution in [0.5, 0.6) is 5.75 Å². The second-order valence-electron chi connectivity index (χ2n) is 2.96. The summed E-state index contributed by atoms with van der Waals surface area (Å²) in [5.41, 5.74) is 5.31. The first-order chi connectivity index (χ1) is 6.11. The van der Waals surface area contributed by atoms with Gasteiger partial charge in [0, 0.05) is 12.1 Å². The maximum absolute atomic E-state index is 11.2. The lowest BCUT2D eigenvalue weighted by atomic mass is 10.3. The smallest absolute Gasteiger partial charge is 0.226 e. The lowest BCUT2D eigenvalue weighted by Gasteiger charge is -2.08. The van der Waals surface area contributed by atoms with Crippen molar-refractivity contribution in [3.05, 3.63) is 28.3 Å². The molecule has 1 aromatic rings. The number of aryl methyl sites for hydroxylation is 1. The summed E-state index contributed by atoms with van der Waals surface area (Å²) in [5, 5.41) is 0. The van der Waals surface area contributed by atoms with Crippen LogP contribution < -0.4 is 15.9 Å². The van der Waals surface area contributed by atoms with Gasteiger partial charge in [-0.05, 0) is 13.8 Å². The van der Waals surface area contributed by atoms with E-state index in [1.807, 2.05) is 0 Å². The van der Waals surface area contributed by atoms with Crippen molar-refractivity contribution in [2.24, 2.45) is 5.73 Å². The van der Waals surface area contributed by atoms with Gasteiger partial charge in [-0.1, -0.05) is 0 Å². The summed E-state index contributed by atoms with van der Waals surface area (Å²) in [7, 11) is 0. The zero-order valence-corrected chi connectivity index (χ0v) is 7.74. The number of nitrogens with two attached hydrogens (primary N) is 1. The largest absolute Gasteiger partial charge is 0.485 e. The lowest BCUT2D eigenvalue weighted by Crippen LogP contribution is -2.25. The summed E-state index contributed by atoms with van der Waals surface area (Å²) in [6.07, 6.45) is 1.34. The Balaban J connectivity index is 2.81. The van der Waals surface area contributed by atoms with Gasteiger partial charge in [0.1, 0.15) is 12.4 Å². The molecule has 1 atom stereocenters. The average molecular weight is 183 g/mol. The molecule has 0 aliphatic carbocycles. The van der Waals surface area contributed by atoms with Gasteiger partial charge < -0.3 is 14.9 Å². The summed E-state index contributed by atoms with van der Waals surface area (Å²) < 4.78 is 10.2. The molecule has 2 N–H and O–H groups in total. The van der Waals surface area contributed by atoms with Crippen LogP contribution >= 0.6 is 0 Å². The van der Waals surface area contributed by atoms with E-state index in [-0.39, 0.29) is 17.2 Å². The van der Waals surface area contributed by atoms with Crippen LogP contribution in [0.25, 0.3) is 0 Å². The second-order valence-corrected chi connectivity index (χ2v) is 2.96. The van der Waals surface area contributed by atoms with Crippen molar-refractivity contribution < 1.29 is 9.15 Å². The fraction of sp³-hybridized carbons (Fsp3) is 0.444. The molecule has 1 rings (SSSR count). The topological polar surface area (TPSA) is 65.5 Å². The Morgan fingerprint density at radius 2 is 2.38 bits per heavy atom. The molecule has 0 aliphatic rings. The molecule has 13 heavy (non-hydrogen) atoms. The van der Waals surface area contributed by atoms with Gasteiger partial charge in [-0.15, -0.1) is 0 Å². The Hall–Kier alpha value is -1.29. The fourth-order valence-electron chi connectivity index (χ4n) is 0.888. The van der Waals surface area contributed by atoms with Crippen molar-refractivity contribution in [2.75, 3.05) is 6.61 Å². The number of hydrogen-bond donors (Lipinski definition) is 1. The van der Waals surface area contributed by atoms with E-state index in [4.69, 9.17) is 14.9 Å². The van der Waals surface area contributed by atoms with E-state index in [2.05, 4.69) is 0 Å². The molecule has 72 valence electrons. The molecule has 4 nitrogen and oxygen atoms in total. The zero-order chi connectivity index (χ0) is 9.84. The standard InChI is InChI=1S/C9H13NO3/c1-6(10)5-13-9-7(2)12-4-3-8(9)11/h3-4,6H,5,10H2,1-2H3. The normalized spacial score (nSPS) is 12.5. The van der Waals surface area contributed by atoms with Crippen LogP contribution in [0, 0.1) is 6.92 Å². The van der Waals surface area contributed by atoms with E-state index < -0.39 is 0 Å². The molecule has 0 radical (unpaired) electrons. The zero-order valence-electron chi connectivity index (χ0n) is 7.74. The quantitative estimate of drug-likeness (QED) is 0.748. The van der Waals surface area contributed by atoms with Crippen LogP contribution in [0.15, 0.2) is 21.5 Å². The van der Waals surface area contributed by atoms with Crippen molar-refractivity contribution in [1.82, 2.24) is 0 Å². The van der Waals surface area contributed by atoms with Crippen LogP contribution in [-0.2, 0) is 0 Å². The number of rotatable bonds is 3. The van der Waals surface area contributed by atoms with Crippen molar-refractivity contribution in [3.63, 3.8) is 0 Å². The fourth-order valence-corrected chi connectivity index (χ4v) is 0.888. The summed E-state index contributed by atoms with van der Waals surface area (Å²) >= 11 is 0. The third-order valence-electron chi connectivity index (χ3n) is 1.50. The van der Waals surface area contributed by atoms with E-state index in [0.29, 0.717) is 12.4 Å². The third kappa shape index (κ3) is 2.59. The predicted molar refractivity (Wildman–Crippen MR) is 48.9 cm³/mol. The first-order valence-corrected chi connectivity index (χ1v) is 4.08. The SMILES string of the molecule is Cc1occc(=O)c1OCC(C)N.